The van der Waals surface area contributed by atoms with Gasteiger partial charge in [-0.25, -0.2) is 0 Å². The van der Waals surface area contributed by atoms with Crippen molar-refractivity contribution in [2.45, 2.75) is 38.9 Å². The predicted octanol–water partition coefficient (Wildman–Crippen LogP) is 1.64. The number of nitrogens with two attached hydrogens (primary N) is 1. The Balaban J connectivity index is 2.01. The van der Waals surface area contributed by atoms with E-state index < -0.39 is 0 Å². The molecule has 3 nitrogen and oxygen atoms in total. The zero-order chi connectivity index (χ0) is 10.1. The minimum Gasteiger partial charge on any atom is -0.463 e. The van der Waals surface area contributed by atoms with Gasteiger partial charge in [-0.15, -0.1) is 0 Å². The predicted molar refractivity (Wildman–Crippen MR) is 55.8 cm³/mol. The molecule has 2 rings (SSSR count). The molecule has 1 heterocycles. The standard InChI is InChI=1S/C11H18N2O/c1-8-5-10(14-11(8)6-12)7-13(2)9-3-4-9/h5,9H,3-4,6-7,12H2,1-2H3. The number of aryl methyl sites for hydroxylation is 1. The van der Waals surface area contributed by atoms with Crippen LogP contribution in [-0.2, 0) is 13.1 Å². The van der Waals surface area contributed by atoms with Crippen molar-refractivity contribution in [3.63, 3.8) is 0 Å². The van der Waals surface area contributed by atoms with Crippen LogP contribution in [0.2, 0.25) is 0 Å². The van der Waals surface area contributed by atoms with E-state index in [9.17, 15) is 0 Å². The van der Waals surface area contributed by atoms with Crippen molar-refractivity contribution in [1.29, 1.82) is 0 Å². The smallest absolute Gasteiger partial charge is 0.120 e. The van der Waals surface area contributed by atoms with Gasteiger partial charge in [-0.1, -0.05) is 0 Å². The molecule has 2 N–H and O–H groups in total. The van der Waals surface area contributed by atoms with Crippen LogP contribution in [0.3, 0.4) is 0 Å². The van der Waals surface area contributed by atoms with E-state index in [1.54, 1.807) is 0 Å². The van der Waals surface area contributed by atoms with Crippen LogP contribution < -0.4 is 5.73 Å². The highest BCUT2D eigenvalue weighted by molar-refractivity contribution is 5.19. The first-order valence-electron chi connectivity index (χ1n) is 5.19. The van der Waals surface area contributed by atoms with Crippen molar-refractivity contribution in [1.82, 2.24) is 4.90 Å². The highest BCUT2D eigenvalue weighted by Gasteiger charge is 2.26. The summed E-state index contributed by atoms with van der Waals surface area (Å²) < 4.78 is 5.65. The van der Waals surface area contributed by atoms with E-state index in [1.807, 2.05) is 6.92 Å². The summed E-state index contributed by atoms with van der Waals surface area (Å²) in [6.45, 7) is 3.46. The van der Waals surface area contributed by atoms with E-state index in [4.69, 9.17) is 10.2 Å². The van der Waals surface area contributed by atoms with E-state index in [0.717, 1.165) is 24.1 Å². The molecule has 0 unspecified atom stereocenters. The summed E-state index contributed by atoms with van der Waals surface area (Å²) in [7, 11) is 2.15. The number of rotatable bonds is 4. The van der Waals surface area contributed by atoms with Gasteiger partial charge in [0.2, 0.25) is 0 Å². The molecule has 0 aromatic carbocycles. The fraction of sp³-hybridized carbons (Fsp3) is 0.636. The van der Waals surface area contributed by atoms with Crippen molar-refractivity contribution >= 4 is 0 Å². The van der Waals surface area contributed by atoms with Crippen LogP contribution in [-0.4, -0.2) is 18.0 Å². The van der Waals surface area contributed by atoms with E-state index >= 15 is 0 Å². The Hall–Kier alpha value is -0.800. The SMILES string of the molecule is Cc1cc(CN(C)C2CC2)oc1CN. The van der Waals surface area contributed by atoms with Crippen LogP contribution in [0.25, 0.3) is 0 Å². The maximum absolute atomic E-state index is 5.65. The molecule has 0 aliphatic heterocycles. The van der Waals surface area contributed by atoms with Gasteiger partial charge in [-0.05, 0) is 38.4 Å². The lowest BCUT2D eigenvalue weighted by Gasteiger charge is -2.12. The second kappa shape index (κ2) is 3.75. The Morgan fingerprint density at radius 3 is 2.79 bits per heavy atom. The van der Waals surface area contributed by atoms with Gasteiger partial charge in [0.15, 0.2) is 0 Å². The highest BCUT2D eigenvalue weighted by Crippen LogP contribution is 2.27. The average Bonchev–Trinajstić information content (AvgIpc) is 2.92. The normalized spacial score (nSPS) is 16.6. The molecule has 1 aliphatic carbocycles. The van der Waals surface area contributed by atoms with Gasteiger partial charge in [0.05, 0.1) is 13.1 Å². The second-order valence-electron chi connectivity index (χ2n) is 4.17. The summed E-state index contributed by atoms with van der Waals surface area (Å²) in [6, 6.07) is 2.88. The molecule has 1 saturated carbocycles. The van der Waals surface area contributed by atoms with Gasteiger partial charge in [0.1, 0.15) is 11.5 Å². The lowest BCUT2D eigenvalue weighted by Crippen LogP contribution is -2.19. The monoisotopic (exact) mass is 194 g/mol. The summed E-state index contributed by atoms with van der Waals surface area (Å²) in [5.74, 6) is 1.96. The Morgan fingerprint density at radius 2 is 2.29 bits per heavy atom. The first-order valence-corrected chi connectivity index (χ1v) is 5.19. The summed E-state index contributed by atoms with van der Waals surface area (Å²) in [5, 5.41) is 0. The molecule has 1 aromatic heterocycles. The average molecular weight is 194 g/mol. The molecule has 1 aromatic rings. The van der Waals surface area contributed by atoms with E-state index in [-0.39, 0.29) is 0 Å². The van der Waals surface area contributed by atoms with Gasteiger partial charge < -0.3 is 10.2 Å². The van der Waals surface area contributed by atoms with Crippen molar-refractivity contribution in [2.75, 3.05) is 7.05 Å². The number of hydrogen-bond donors (Lipinski definition) is 1. The van der Waals surface area contributed by atoms with Crippen LogP contribution in [0.15, 0.2) is 10.5 Å². The maximum Gasteiger partial charge on any atom is 0.120 e. The fourth-order valence-corrected chi connectivity index (χ4v) is 1.76. The lowest BCUT2D eigenvalue weighted by molar-refractivity contribution is 0.282. The molecule has 1 fully saturated rings. The largest absolute Gasteiger partial charge is 0.463 e. The third kappa shape index (κ3) is 1.99. The lowest BCUT2D eigenvalue weighted by atomic mass is 10.2. The third-order valence-electron chi connectivity index (χ3n) is 2.83. The summed E-state index contributed by atoms with van der Waals surface area (Å²) in [4.78, 5) is 2.35. The molecular weight excluding hydrogens is 176 g/mol. The summed E-state index contributed by atoms with van der Waals surface area (Å²) >= 11 is 0. The maximum atomic E-state index is 5.65. The molecule has 3 heteroatoms. The minimum absolute atomic E-state index is 0.499. The Bertz CT molecular complexity index is 315. The van der Waals surface area contributed by atoms with Crippen molar-refractivity contribution in [3.05, 3.63) is 23.2 Å². The number of nitrogens with zero attached hydrogens (tertiary/aromatic N) is 1. The Morgan fingerprint density at radius 1 is 1.57 bits per heavy atom. The van der Waals surface area contributed by atoms with Gasteiger partial charge in [0.25, 0.3) is 0 Å². The first kappa shape index (κ1) is 9.74. The van der Waals surface area contributed by atoms with E-state index in [2.05, 4.69) is 18.0 Å². The van der Waals surface area contributed by atoms with Crippen LogP contribution in [0.5, 0.6) is 0 Å². The fourth-order valence-electron chi connectivity index (χ4n) is 1.76. The molecule has 0 radical (unpaired) electrons. The zero-order valence-electron chi connectivity index (χ0n) is 8.92. The van der Waals surface area contributed by atoms with Gasteiger partial charge in [-0.3, -0.25) is 4.90 Å². The molecule has 14 heavy (non-hydrogen) atoms. The van der Waals surface area contributed by atoms with Crippen LogP contribution in [0.1, 0.15) is 29.9 Å². The van der Waals surface area contributed by atoms with Crippen LogP contribution >= 0.6 is 0 Å². The Labute approximate surface area is 84.9 Å². The Kier molecular flexibility index (Phi) is 2.61. The molecular formula is C11H18N2O. The van der Waals surface area contributed by atoms with Crippen LogP contribution in [0.4, 0.5) is 0 Å². The molecule has 78 valence electrons. The molecule has 0 spiro atoms. The molecule has 0 saturated heterocycles. The van der Waals surface area contributed by atoms with Crippen molar-refractivity contribution in [3.8, 4) is 0 Å². The van der Waals surface area contributed by atoms with Crippen LogP contribution in [0, 0.1) is 6.92 Å². The quantitative estimate of drug-likeness (QED) is 0.792. The van der Waals surface area contributed by atoms with Crippen molar-refractivity contribution in [2.24, 2.45) is 5.73 Å². The second-order valence-corrected chi connectivity index (χ2v) is 4.17. The first-order chi connectivity index (χ1) is 6.70. The summed E-state index contributed by atoms with van der Waals surface area (Å²) in [6.07, 6.45) is 2.67. The number of furan rings is 1. The topological polar surface area (TPSA) is 42.4 Å². The molecule has 1 aliphatic rings. The van der Waals surface area contributed by atoms with Gasteiger partial charge in [0, 0.05) is 6.04 Å². The molecule has 0 atom stereocenters. The van der Waals surface area contributed by atoms with E-state index in [1.165, 1.54) is 18.4 Å². The van der Waals surface area contributed by atoms with Crippen molar-refractivity contribution < 1.29 is 4.42 Å². The van der Waals surface area contributed by atoms with Gasteiger partial charge >= 0.3 is 0 Å². The molecule has 0 bridgehead atoms. The highest BCUT2D eigenvalue weighted by atomic mass is 16.3. The molecule has 0 amide bonds. The minimum atomic E-state index is 0.499. The third-order valence-corrected chi connectivity index (χ3v) is 2.83. The van der Waals surface area contributed by atoms with Gasteiger partial charge in [-0.2, -0.15) is 0 Å². The number of hydrogen-bond acceptors (Lipinski definition) is 3. The zero-order valence-corrected chi connectivity index (χ0v) is 8.92. The summed E-state index contributed by atoms with van der Waals surface area (Å²) in [5.41, 5.74) is 6.73. The van der Waals surface area contributed by atoms with E-state index in [0.29, 0.717) is 6.54 Å².